The third-order valence-corrected chi connectivity index (χ3v) is 4.30. The molecule has 1 aromatic rings. The first-order chi connectivity index (χ1) is 9.08. The first-order valence-corrected chi connectivity index (χ1v) is 7.47. The van der Waals surface area contributed by atoms with Crippen LogP contribution >= 0.6 is 0 Å². The molecule has 0 aliphatic heterocycles. The molecule has 2 atom stereocenters. The van der Waals surface area contributed by atoms with Crippen molar-refractivity contribution in [2.24, 2.45) is 11.8 Å². The van der Waals surface area contributed by atoms with Crippen molar-refractivity contribution in [2.45, 2.75) is 59.0 Å². The second-order valence-corrected chi connectivity index (χ2v) is 6.10. The summed E-state index contributed by atoms with van der Waals surface area (Å²) >= 11 is 0. The standard InChI is InChI=1S/C16H26N2O/c1-11(2)13-6-4-5-7-14(13)17-10-15-16(19)9-8-12(3)18-15/h8-9,11,13-14,17,19H,4-7,10H2,1-3H3. The fourth-order valence-electron chi connectivity index (χ4n) is 3.17. The maximum absolute atomic E-state index is 9.84. The lowest BCUT2D eigenvalue weighted by Crippen LogP contribution is -2.40. The molecule has 0 radical (unpaired) electrons. The van der Waals surface area contributed by atoms with E-state index in [9.17, 15) is 5.11 Å². The fraction of sp³-hybridized carbons (Fsp3) is 0.688. The van der Waals surface area contributed by atoms with E-state index in [-0.39, 0.29) is 0 Å². The van der Waals surface area contributed by atoms with Gasteiger partial charge in [-0.25, -0.2) is 0 Å². The van der Waals surface area contributed by atoms with Crippen LogP contribution in [0.3, 0.4) is 0 Å². The van der Waals surface area contributed by atoms with E-state index in [1.54, 1.807) is 6.07 Å². The summed E-state index contributed by atoms with van der Waals surface area (Å²) in [4.78, 5) is 4.41. The maximum Gasteiger partial charge on any atom is 0.138 e. The summed E-state index contributed by atoms with van der Waals surface area (Å²) in [6.07, 6.45) is 5.24. The molecule has 0 amide bonds. The normalized spacial score (nSPS) is 23.8. The van der Waals surface area contributed by atoms with Crippen LogP contribution in [-0.2, 0) is 6.54 Å². The second kappa shape index (κ2) is 6.38. The zero-order valence-electron chi connectivity index (χ0n) is 12.3. The average Bonchev–Trinajstić information content (AvgIpc) is 2.40. The maximum atomic E-state index is 9.84. The molecule has 3 heteroatoms. The third-order valence-electron chi connectivity index (χ3n) is 4.30. The molecule has 1 aliphatic carbocycles. The Labute approximate surface area is 116 Å². The van der Waals surface area contributed by atoms with Gasteiger partial charge in [0.2, 0.25) is 0 Å². The smallest absolute Gasteiger partial charge is 0.138 e. The summed E-state index contributed by atoms with van der Waals surface area (Å²) < 4.78 is 0. The highest BCUT2D eigenvalue weighted by molar-refractivity contribution is 5.27. The zero-order valence-corrected chi connectivity index (χ0v) is 12.3. The van der Waals surface area contributed by atoms with Gasteiger partial charge in [-0.3, -0.25) is 4.98 Å². The van der Waals surface area contributed by atoms with E-state index in [4.69, 9.17) is 0 Å². The molecule has 1 saturated carbocycles. The summed E-state index contributed by atoms with van der Waals surface area (Å²) in [6, 6.07) is 4.15. The third kappa shape index (κ3) is 3.69. The Balaban J connectivity index is 1.98. The first-order valence-electron chi connectivity index (χ1n) is 7.47. The molecule has 0 spiro atoms. The Bertz CT molecular complexity index is 417. The van der Waals surface area contributed by atoms with Crippen LogP contribution in [0.4, 0.5) is 0 Å². The van der Waals surface area contributed by atoms with Crippen LogP contribution in [0, 0.1) is 18.8 Å². The van der Waals surface area contributed by atoms with Crippen LogP contribution < -0.4 is 5.32 Å². The van der Waals surface area contributed by atoms with Gasteiger partial charge in [-0.05, 0) is 43.7 Å². The van der Waals surface area contributed by atoms with E-state index in [1.165, 1.54) is 25.7 Å². The molecule has 0 saturated heterocycles. The summed E-state index contributed by atoms with van der Waals surface area (Å²) in [5, 5.41) is 13.5. The van der Waals surface area contributed by atoms with Crippen molar-refractivity contribution in [1.82, 2.24) is 10.3 Å². The largest absolute Gasteiger partial charge is 0.506 e. The number of nitrogens with one attached hydrogen (secondary N) is 1. The molecule has 106 valence electrons. The number of pyridine rings is 1. The molecule has 0 aromatic carbocycles. The highest BCUT2D eigenvalue weighted by Gasteiger charge is 2.27. The number of hydrogen-bond acceptors (Lipinski definition) is 3. The molecule has 2 unspecified atom stereocenters. The molecule has 2 rings (SSSR count). The molecule has 1 fully saturated rings. The Hall–Kier alpha value is -1.09. The van der Waals surface area contributed by atoms with Crippen molar-refractivity contribution in [3.63, 3.8) is 0 Å². The van der Waals surface area contributed by atoms with Gasteiger partial charge >= 0.3 is 0 Å². The quantitative estimate of drug-likeness (QED) is 0.874. The minimum atomic E-state index is 0.301. The van der Waals surface area contributed by atoms with Crippen LogP contribution in [0.15, 0.2) is 12.1 Å². The van der Waals surface area contributed by atoms with Crippen molar-refractivity contribution < 1.29 is 5.11 Å². The zero-order chi connectivity index (χ0) is 13.8. The number of hydrogen-bond donors (Lipinski definition) is 2. The summed E-state index contributed by atoms with van der Waals surface area (Å²) in [5.74, 6) is 1.77. The molecule has 2 N–H and O–H groups in total. The SMILES string of the molecule is Cc1ccc(O)c(CNC2CCCCC2C(C)C)n1. The number of nitrogens with zero attached hydrogens (tertiary/aromatic N) is 1. The summed E-state index contributed by atoms with van der Waals surface area (Å²) in [5.41, 5.74) is 1.73. The lowest BCUT2D eigenvalue weighted by molar-refractivity contribution is 0.204. The molecular formula is C16H26N2O. The number of rotatable bonds is 4. The van der Waals surface area contributed by atoms with E-state index >= 15 is 0 Å². The number of aromatic hydroxyl groups is 1. The predicted molar refractivity (Wildman–Crippen MR) is 78.1 cm³/mol. The predicted octanol–water partition coefficient (Wildman–Crippen LogP) is 3.40. The fourth-order valence-corrected chi connectivity index (χ4v) is 3.17. The molecule has 3 nitrogen and oxygen atoms in total. The second-order valence-electron chi connectivity index (χ2n) is 6.10. The minimum Gasteiger partial charge on any atom is -0.506 e. The molecule has 0 bridgehead atoms. The van der Waals surface area contributed by atoms with E-state index in [0.717, 1.165) is 23.2 Å². The van der Waals surface area contributed by atoms with Crippen LogP contribution in [-0.4, -0.2) is 16.1 Å². The Kier molecular flexibility index (Phi) is 4.81. The number of aromatic nitrogens is 1. The lowest BCUT2D eigenvalue weighted by Gasteiger charge is -2.35. The van der Waals surface area contributed by atoms with E-state index < -0.39 is 0 Å². The van der Waals surface area contributed by atoms with Crippen LogP contribution in [0.25, 0.3) is 0 Å². The van der Waals surface area contributed by atoms with Crippen molar-refractivity contribution in [1.29, 1.82) is 0 Å². The molecule has 1 heterocycles. The van der Waals surface area contributed by atoms with Gasteiger partial charge in [-0.1, -0.05) is 26.7 Å². The topological polar surface area (TPSA) is 45.1 Å². The van der Waals surface area contributed by atoms with Crippen LogP contribution in [0.5, 0.6) is 5.75 Å². The highest BCUT2D eigenvalue weighted by Crippen LogP contribution is 2.30. The molecule has 19 heavy (non-hydrogen) atoms. The van der Waals surface area contributed by atoms with Gasteiger partial charge in [0, 0.05) is 18.3 Å². The van der Waals surface area contributed by atoms with Crippen LogP contribution in [0.1, 0.15) is 50.9 Å². The van der Waals surface area contributed by atoms with Gasteiger partial charge in [-0.15, -0.1) is 0 Å². The Morgan fingerprint density at radius 1 is 1.32 bits per heavy atom. The molecule has 1 aliphatic rings. The summed E-state index contributed by atoms with van der Waals surface area (Å²) in [7, 11) is 0. The molecular weight excluding hydrogens is 236 g/mol. The number of aryl methyl sites for hydroxylation is 1. The van der Waals surface area contributed by atoms with Crippen molar-refractivity contribution in [2.75, 3.05) is 0 Å². The minimum absolute atomic E-state index is 0.301. The van der Waals surface area contributed by atoms with Gasteiger partial charge in [0.15, 0.2) is 0 Å². The Morgan fingerprint density at radius 3 is 2.79 bits per heavy atom. The highest BCUT2D eigenvalue weighted by atomic mass is 16.3. The van der Waals surface area contributed by atoms with Gasteiger partial charge < -0.3 is 10.4 Å². The van der Waals surface area contributed by atoms with E-state index in [1.807, 2.05) is 13.0 Å². The average molecular weight is 262 g/mol. The van der Waals surface area contributed by atoms with Gasteiger partial charge in [0.25, 0.3) is 0 Å². The van der Waals surface area contributed by atoms with Crippen molar-refractivity contribution in [3.8, 4) is 5.75 Å². The first kappa shape index (κ1) is 14.3. The van der Waals surface area contributed by atoms with Gasteiger partial charge in [0.1, 0.15) is 5.75 Å². The van der Waals surface area contributed by atoms with Gasteiger partial charge in [-0.2, -0.15) is 0 Å². The van der Waals surface area contributed by atoms with Gasteiger partial charge in [0.05, 0.1) is 5.69 Å². The van der Waals surface area contributed by atoms with Crippen LogP contribution in [0.2, 0.25) is 0 Å². The Morgan fingerprint density at radius 2 is 2.05 bits per heavy atom. The monoisotopic (exact) mass is 262 g/mol. The van der Waals surface area contributed by atoms with Crippen molar-refractivity contribution in [3.05, 3.63) is 23.5 Å². The molecule has 1 aromatic heterocycles. The van der Waals surface area contributed by atoms with E-state index in [0.29, 0.717) is 18.3 Å². The van der Waals surface area contributed by atoms with Crippen molar-refractivity contribution >= 4 is 0 Å². The lowest BCUT2D eigenvalue weighted by atomic mass is 9.78. The van der Waals surface area contributed by atoms with E-state index in [2.05, 4.69) is 24.1 Å². The summed E-state index contributed by atoms with van der Waals surface area (Å²) in [6.45, 7) is 7.25.